The number of imidazole rings is 1. The first kappa shape index (κ1) is 12.2. The van der Waals surface area contributed by atoms with Gasteiger partial charge in [-0.3, -0.25) is 0 Å². The summed E-state index contributed by atoms with van der Waals surface area (Å²) in [5.74, 6) is 0. The highest BCUT2D eigenvalue weighted by molar-refractivity contribution is 9.10. The van der Waals surface area contributed by atoms with Gasteiger partial charge < -0.3 is 9.30 Å². The van der Waals surface area contributed by atoms with Crippen molar-refractivity contribution in [2.45, 2.75) is 37.8 Å². The van der Waals surface area contributed by atoms with E-state index in [4.69, 9.17) is 4.74 Å². The molecule has 0 saturated heterocycles. The second-order valence-corrected chi connectivity index (χ2v) is 5.87. The molecule has 1 aromatic heterocycles. The number of hydrogen-bond donors (Lipinski definition) is 0. The number of methoxy groups -OCH3 is 1. The number of rotatable bonds is 2. The van der Waals surface area contributed by atoms with Gasteiger partial charge in [0.05, 0.1) is 23.5 Å². The fraction of sp³-hybridized carbons (Fsp3) is 0.500. The third-order valence-corrected chi connectivity index (χ3v) is 4.40. The van der Waals surface area contributed by atoms with Gasteiger partial charge in [0.2, 0.25) is 0 Å². The van der Waals surface area contributed by atoms with E-state index in [1.54, 1.807) is 0 Å². The number of benzene rings is 1. The fourth-order valence-corrected chi connectivity index (χ4v) is 3.20. The van der Waals surface area contributed by atoms with Crippen LogP contribution in [0.4, 0.5) is 0 Å². The maximum atomic E-state index is 5.43. The molecule has 1 aromatic carbocycles. The third kappa shape index (κ3) is 2.19. The zero-order chi connectivity index (χ0) is 12.5. The molecule has 3 nitrogen and oxygen atoms in total. The number of ether oxygens (including phenoxy) is 1. The Kier molecular flexibility index (Phi) is 3.39. The number of hydrogen-bond acceptors (Lipinski definition) is 2. The van der Waals surface area contributed by atoms with E-state index in [-0.39, 0.29) is 0 Å². The number of halogens is 1. The molecule has 1 fully saturated rings. The van der Waals surface area contributed by atoms with Crippen LogP contribution in [-0.4, -0.2) is 22.8 Å². The second kappa shape index (κ2) is 5.02. The molecule has 0 aliphatic heterocycles. The van der Waals surface area contributed by atoms with Crippen LogP contribution in [0.15, 0.2) is 29.0 Å². The number of fused-ring (bicyclic) bond motifs is 1. The molecule has 0 N–H and O–H groups in total. The zero-order valence-electron chi connectivity index (χ0n) is 10.5. The Morgan fingerprint density at radius 3 is 2.78 bits per heavy atom. The lowest BCUT2D eigenvalue weighted by Crippen LogP contribution is -2.22. The molecule has 96 valence electrons. The predicted octanol–water partition coefficient (Wildman–Crippen LogP) is 3.93. The highest BCUT2D eigenvalue weighted by Crippen LogP contribution is 2.32. The maximum absolute atomic E-state index is 5.43. The van der Waals surface area contributed by atoms with E-state index in [0.29, 0.717) is 12.1 Å². The summed E-state index contributed by atoms with van der Waals surface area (Å²) < 4.78 is 8.87. The molecule has 2 aromatic rings. The molecule has 0 bridgehead atoms. The average Bonchev–Trinajstić information content (AvgIpc) is 2.82. The molecule has 1 heterocycles. The normalized spacial score (nSPS) is 24.6. The molecular formula is C14H17BrN2O. The van der Waals surface area contributed by atoms with Gasteiger partial charge in [-0.05, 0) is 43.9 Å². The van der Waals surface area contributed by atoms with Crippen molar-refractivity contribution in [1.29, 1.82) is 0 Å². The summed E-state index contributed by atoms with van der Waals surface area (Å²) >= 11 is 3.53. The van der Waals surface area contributed by atoms with Gasteiger partial charge in [-0.2, -0.15) is 0 Å². The molecule has 0 amide bonds. The van der Waals surface area contributed by atoms with Gasteiger partial charge in [0, 0.05) is 17.6 Å². The maximum Gasteiger partial charge on any atom is 0.0960 e. The molecule has 18 heavy (non-hydrogen) atoms. The smallest absolute Gasteiger partial charge is 0.0960 e. The van der Waals surface area contributed by atoms with Crippen molar-refractivity contribution in [2.24, 2.45) is 0 Å². The monoisotopic (exact) mass is 308 g/mol. The molecular weight excluding hydrogens is 292 g/mol. The van der Waals surface area contributed by atoms with E-state index >= 15 is 0 Å². The molecule has 0 spiro atoms. The van der Waals surface area contributed by atoms with Crippen LogP contribution < -0.4 is 0 Å². The van der Waals surface area contributed by atoms with Crippen molar-refractivity contribution < 1.29 is 4.74 Å². The van der Waals surface area contributed by atoms with Crippen molar-refractivity contribution in [3.05, 3.63) is 29.0 Å². The van der Waals surface area contributed by atoms with E-state index in [9.17, 15) is 0 Å². The van der Waals surface area contributed by atoms with Crippen LogP contribution in [0, 0.1) is 0 Å². The highest BCUT2D eigenvalue weighted by atomic mass is 79.9. The standard InChI is InChI=1S/C14H17BrN2O/c1-18-12-5-3-11(4-6-12)17-9-16-13-7-2-10(15)8-14(13)17/h2,7-9,11-12H,3-6H2,1H3/t11-,12-. The Hall–Kier alpha value is -0.870. The Balaban J connectivity index is 1.88. The van der Waals surface area contributed by atoms with Gasteiger partial charge in [-0.1, -0.05) is 15.9 Å². The summed E-state index contributed by atoms with van der Waals surface area (Å²) in [4.78, 5) is 4.49. The predicted molar refractivity (Wildman–Crippen MR) is 75.7 cm³/mol. The van der Waals surface area contributed by atoms with Crippen LogP contribution in [-0.2, 0) is 4.74 Å². The Labute approximate surface area is 115 Å². The summed E-state index contributed by atoms with van der Waals surface area (Å²) in [5.41, 5.74) is 2.30. The van der Waals surface area contributed by atoms with Crippen LogP contribution in [0.2, 0.25) is 0 Å². The minimum absolute atomic E-state index is 0.447. The lowest BCUT2D eigenvalue weighted by Gasteiger charge is -2.28. The quantitative estimate of drug-likeness (QED) is 0.840. The lowest BCUT2D eigenvalue weighted by atomic mass is 9.93. The number of nitrogens with zero attached hydrogens (tertiary/aromatic N) is 2. The van der Waals surface area contributed by atoms with Gasteiger partial charge >= 0.3 is 0 Å². The molecule has 0 radical (unpaired) electrons. The van der Waals surface area contributed by atoms with E-state index in [1.165, 1.54) is 18.4 Å². The Morgan fingerprint density at radius 2 is 2.06 bits per heavy atom. The van der Waals surface area contributed by atoms with E-state index in [1.807, 2.05) is 19.5 Å². The summed E-state index contributed by atoms with van der Waals surface area (Å²) in [5, 5.41) is 0. The molecule has 4 heteroatoms. The molecule has 1 aliphatic rings. The van der Waals surface area contributed by atoms with Crippen LogP contribution >= 0.6 is 15.9 Å². The average molecular weight is 309 g/mol. The molecule has 0 unspecified atom stereocenters. The first-order valence-corrected chi connectivity index (χ1v) is 7.22. The molecule has 1 saturated carbocycles. The van der Waals surface area contributed by atoms with Crippen LogP contribution in [0.5, 0.6) is 0 Å². The summed E-state index contributed by atoms with van der Waals surface area (Å²) in [7, 11) is 1.81. The van der Waals surface area contributed by atoms with Gasteiger partial charge in [-0.15, -0.1) is 0 Å². The van der Waals surface area contributed by atoms with Gasteiger partial charge in [-0.25, -0.2) is 4.98 Å². The van der Waals surface area contributed by atoms with Gasteiger partial charge in [0.15, 0.2) is 0 Å². The second-order valence-electron chi connectivity index (χ2n) is 4.95. The zero-order valence-corrected chi connectivity index (χ0v) is 12.1. The fourth-order valence-electron chi connectivity index (χ4n) is 2.85. The van der Waals surface area contributed by atoms with Crippen LogP contribution in [0.25, 0.3) is 11.0 Å². The molecule has 1 aliphatic carbocycles. The van der Waals surface area contributed by atoms with Crippen LogP contribution in [0.1, 0.15) is 31.7 Å². The molecule has 0 atom stereocenters. The third-order valence-electron chi connectivity index (χ3n) is 3.91. The minimum Gasteiger partial charge on any atom is -0.381 e. The van der Waals surface area contributed by atoms with Crippen molar-refractivity contribution in [3.63, 3.8) is 0 Å². The summed E-state index contributed by atoms with van der Waals surface area (Å²) in [6.45, 7) is 0. The summed E-state index contributed by atoms with van der Waals surface area (Å²) in [6, 6.07) is 6.83. The van der Waals surface area contributed by atoms with Crippen LogP contribution in [0.3, 0.4) is 0 Å². The lowest BCUT2D eigenvalue weighted by molar-refractivity contribution is 0.0589. The Bertz CT molecular complexity index is 544. The van der Waals surface area contributed by atoms with Crippen molar-refractivity contribution in [1.82, 2.24) is 9.55 Å². The topological polar surface area (TPSA) is 27.1 Å². The van der Waals surface area contributed by atoms with Crippen molar-refractivity contribution in [3.8, 4) is 0 Å². The highest BCUT2D eigenvalue weighted by Gasteiger charge is 2.23. The minimum atomic E-state index is 0.447. The Morgan fingerprint density at radius 1 is 1.28 bits per heavy atom. The summed E-state index contributed by atoms with van der Waals surface area (Å²) in [6.07, 6.45) is 7.08. The van der Waals surface area contributed by atoms with Gasteiger partial charge in [0.1, 0.15) is 0 Å². The first-order chi connectivity index (χ1) is 8.78. The van der Waals surface area contributed by atoms with Crippen molar-refractivity contribution in [2.75, 3.05) is 7.11 Å². The SMILES string of the molecule is CO[C@H]1CC[C@H](n2cnc3ccc(Br)cc32)CC1. The van der Waals surface area contributed by atoms with Crippen molar-refractivity contribution >= 4 is 27.0 Å². The van der Waals surface area contributed by atoms with E-state index < -0.39 is 0 Å². The largest absolute Gasteiger partial charge is 0.381 e. The number of aromatic nitrogens is 2. The van der Waals surface area contributed by atoms with E-state index in [0.717, 1.165) is 22.8 Å². The van der Waals surface area contributed by atoms with Gasteiger partial charge in [0.25, 0.3) is 0 Å². The first-order valence-electron chi connectivity index (χ1n) is 6.43. The van der Waals surface area contributed by atoms with E-state index in [2.05, 4.69) is 37.6 Å². The molecule has 3 rings (SSSR count).